The minimum atomic E-state index is -0.882. The third-order valence-corrected chi connectivity index (χ3v) is 6.53. The second-order valence-electron chi connectivity index (χ2n) is 5.87. The Kier molecular flexibility index (Phi) is 4.15. The van der Waals surface area contributed by atoms with E-state index >= 15 is 0 Å². The standard InChI is InChI=1S/C19H15NO3S2/c21-15(12-4-2-1-3-5-12)11-20-8-6-13-10-16(19(22)23)25-17(13)18-14(20)7-9-24-18/h1-5,7,9-10H,6,8,11H2,(H,22,23). The monoisotopic (exact) mass is 369 g/mol. The molecule has 1 aliphatic rings. The van der Waals surface area contributed by atoms with Crippen LogP contribution in [0.3, 0.4) is 0 Å². The summed E-state index contributed by atoms with van der Waals surface area (Å²) < 4.78 is 0. The molecule has 0 amide bonds. The van der Waals surface area contributed by atoms with Crippen molar-refractivity contribution < 1.29 is 14.7 Å². The highest BCUT2D eigenvalue weighted by Crippen LogP contribution is 2.44. The molecule has 6 heteroatoms. The Morgan fingerprint density at radius 3 is 2.68 bits per heavy atom. The van der Waals surface area contributed by atoms with Crippen molar-refractivity contribution in [1.29, 1.82) is 0 Å². The molecule has 0 unspecified atom stereocenters. The highest BCUT2D eigenvalue weighted by atomic mass is 32.1. The van der Waals surface area contributed by atoms with E-state index < -0.39 is 5.97 Å². The van der Waals surface area contributed by atoms with Crippen LogP contribution in [0.25, 0.3) is 9.75 Å². The van der Waals surface area contributed by atoms with Gasteiger partial charge in [-0.25, -0.2) is 4.79 Å². The summed E-state index contributed by atoms with van der Waals surface area (Å²) in [4.78, 5) is 28.4. The van der Waals surface area contributed by atoms with Crippen molar-refractivity contribution in [2.45, 2.75) is 6.42 Å². The largest absolute Gasteiger partial charge is 0.477 e. The quantitative estimate of drug-likeness (QED) is 0.692. The minimum Gasteiger partial charge on any atom is -0.477 e. The number of carbonyl (C=O) groups is 2. The average Bonchev–Trinajstić information content (AvgIpc) is 3.23. The molecule has 2 aromatic heterocycles. The summed E-state index contributed by atoms with van der Waals surface area (Å²) in [7, 11) is 0. The average molecular weight is 369 g/mol. The van der Waals surface area contributed by atoms with Crippen LogP contribution in [0.4, 0.5) is 5.69 Å². The topological polar surface area (TPSA) is 57.6 Å². The first-order chi connectivity index (χ1) is 12.1. The SMILES string of the molecule is O=C(CN1CCc2cc(C(=O)O)sc2-c2sccc21)c1ccccc1. The van der Waals surface area contributed by atoms with Crippen molar-refractivity contribution in [2.24, 2.45) is 0 Å². The number of carboxylic acid groups (broad SMARTS) is 1. The zero-order valence-corrected chi connectivity index (χ0v) is 14.9. The van der Waals surface area contributed by atoms with Crippen molar-refractivity contribution in [3.05, 3.63) is 63.8 Å². The van der Waals surface area contributed by atoms with Crippen molar-refractivity contribution in [3.63, 3.8) is 0 Å². The number of thiophene rings is 2. The van der Waals surface area contributed by atoms with Gasteiger partial charge >= 0.3 is 5.97 Å². The van der Waals surface area contributed by atoms with E-state index in [0.29, 0.717) is 23.5 Å². The summed E-state index contributed by atoms with van der Waals surface area (Å²) in [6.07, 6.45) is 0.739. The molecule has 1 aliphatic heterocycles. The molecule has 0 radical (unpaired) electrons. The molecular weight excluding hydrogens is 354 g/mol. The normalized spacial score (nSPS) is 13.0. The van der Waals surface area contributed by atoms with Gasteiger partial charge in [-0.15, -0.1) is 22.7 Å². The molecule has 3 heterocycles. The van der Waals surface area contributed by atoms with E-state index in [4.69, 9.17) is 0 Å². The third-order valence-electron chi connectivity index (χ3n) is 4.29. The van der Waals surface area contributed by atoms with Gasteiger partial charge in [-0.1, -0.05) is 30.3 Å². The van der Waals surface area contributed by atoms with Crippen molar-refractivity contribution >= 4 is 40.1 Å². The first-order valence-electron chi connectivity index (χ1n) is 7.90. The fourth-order valence-electron chi connectivity index (χ4n) is 3.06. The Balaban J connectivity index is 1.66. The molecule has 4 rings (SSSR count). The molecule has 1 N–H and O–H groups in total. The zero-order chi connectivity index (χ0) is 17.4. The van der Waals surface area contributed by atoms with E-state index in [1.165, 1.54) is 11.3 Å². The molecule has 0 atom stereocenters. The number of carboxylic acids is 1. The summed E-state index contributed by atoms with van der Waals surface area (Å²) in [5.41, 5.74) is 2.79. The smallest absolute Gasteiger partial charge is 0.345 e. The number of aromatic carboxylic acids is 1. The number of nitrogens with zero attached hydrogens (tertiary/aromatic N) is 1. The molecule has 0 fully saturated rings. The van der Waals surface area contributed by atoms with Crippen LogP contribution in [-0.2, 0) is 6.42 Å². The van der Waals surface area contributed by atoms with Gasteiger partial charge in [0.2, 0.25) is 0 Å². The Bertz CT molecular complexity index is 943. The first-order valence-corrected chi connectivity index (χ1v) is 9.60. The maximum Gasteiger partial charge on any atom is 0.345 e. The molecule has 4 nitrogen and oxygen atoms in total. The number of rotatable bonds is 4. The highest BCUT2D eigenvalue weighted by Gasteiger charge is 2.26. The number of benzene rings is 1. The predicted octanol–water partition coefficient (Wildman–Crippen LogP) is 4.42. The number of anilines is 1. The first kappa shape index (κ1) is 16.1. The lowest BCUT2D eigenvalue weighted by atomic mass is 10.1. The van der Waals surface area contributed by atoms with Gasteiger partial charge in [0.25, 0.3) is 0 Å². The number of Topliss-reactive ketones (excluding diaryl/α,β-unsaturated/α-hetero) is 1. The van der Waals surface area contributed by atoms with Gasteiger partial charge in [0.05, 0.1) is 22.0 Å². The fraction of sp³-hybridized carbons (Fsp3) is 0.158. The predicted molar refractivity (Wildman–Crippen MR) is 101 cm³/mol. The number of hydrogen-bond donors (Lipinski definition) is 1. The number of carbonyl (C=O) groups excluding carboxylic acids is 1. The molecule has 126 valence electrons. The Morgan fingerprint density at radius 1 is 1.12 bits per heavy atom. The molecule has 0 saturated heterocycles. The zero-order valence-electron chi connectivity index (χ0n) is 13.3. The Hall–Kier alpha value is -2.44. The van der Waals surface area contributed by atoms with E-state index in [1.807, 2.05) is 41.8 Å². The highest BCUT2D eigenvalue weighted by molar-refractivity contribution is 7.23. The van der Waals surface area contributed by atoms with Crippen LogP contribution in [0.15, 0.2) is 47.8 Å². The van der Waals surface area contributed by atoms with Gasteiger partial charge in [0, 0.05) is 12.1 Å². The van der Waals surface area contributed by atoms with Gasteiger partial charge in [-0.2, -0.15) is 0 Å². The lowest BCUT2D eigenvalue weighted by Crippen LogP contribution is -2.31. The lowest BCUT2D eigenvalue weighted by Gasteiger charge is -2.22. The maximum absolute atomic E-state index is 12.6. The Labute approximate surface area is 153 Å². The lowest BCUT2D eigenvalue weighted by molar-refractivity contribution is 0.0702. The van der Waals surface area contributed by atoms with E-state index in [-0.39, 0.29) is 5.78 Å². The minimum absolute atomic E-state index is 0.0919. The number of ketones is 1. The van der Waals surface area contributed by atoms with Crippen LogP contribution in [-0.4, -0.2) is 29.9 Å². The second-order valence-corrected chi connectivity index (χ2v) is 7.83. The van der Waals surface area contributed by atoms with Crippen LogP contribution >= 0.6 is 22.7 Å². The van der Waals surface area contributed by atoms with E-state index in [1.54, 1.807) is 17.4 Å². The molecule has 0 bridgehead atoms. The molecule has 25 heavy (non-hydrogen) atoms. The van der Waals surface area contributed by atoms with Crippen LogP contribution in [0.2, 0.25) is 0 Å². The summed E-state index contributed by atoms with van der Waals surface area (Å²) >= 11 is 2.92. The number of fused-ring (bicyclic) bond motifs is 3. The van der Waals surface area contributed by atoms with Gasteiger partial charge < -0.3 is 10.0 Å². The van der Waals surface area contributed by atoms with E-state index in [0.717, 1.165) is 27.4 Å². The molecule has 0 aliphatic carbocycles. The van der Waals surface area contributed by atoms with Crippen LogP contribution in [0.1, 0.15) is 25.6 Å². The summed E-state index contributed by atoms with van der Waals surface area (Å²) in [6.45, 7) is 1.03. The summed E-state index contributed by atoms with van der Waals surface area (Å²) in [5.74, 6) is -0.790. The van der Waals surface area contributed by atoms with Crippen molar-refractivity contribution in [2.75, 3.05) is 18.0 Å². The van der Waals surface area contributed by atoms with Crippen LogP contribution in [0.5, 0.6) is 0 Å². The summed E-state index contributed by atoms with van der Waals surface area (Å²) in [6, 6.07) is 13.1. The van der Waals surface area contributed by atoms with E-state index in [9.17, 15) is 14.7 Å². The fourth-order valence-corrected chi connectivity index (χ4v) is 5.22. The van der Waals surface area contributed by atoms with Gasteiger partial charge in [-0.05, 0) is 29.5 Å². The third kappa shape index (κ3) is 2.99. The second kappa shape index (κ2) is 6.46. The van der Waals surface area contributed by atoms with Crippen LogP contribution < -0.4 is 4.90 Å². The molecule has 3 aromatic rings. The maximum atomic E-state index is 12.6. The molecular formula is C19H15NO3S2. The molecule has 0 spiro atoms. The Morgan fingerprint density at radius 2 is 1.92 bits per heavy atom. The molecule has 0 saturated carbocycles. The van der Waals surface area contributed by atoms with Crippen molar-refractivity contribution in [3.8, 4) is 9.75 Å². The van der Waals surface area contributed by atoms with Gasteiger partial charge in [-0.3, -0.25) is 4.79 Å². The van der Waals surface area contributed by atoms with E-state index in [2.05, 4.69) is 4.90 Å². The molecule has 1 aromatic carbocycles. The van der Waals surface area contributed by atoms with Crippen LogP contribution in [0, 0.1) is 0 Å². The van der Waals surface area contributed by atoms with Gasteiger partial charge in [0.15, 0.2) is 5.78 Å². The summed E-state index contributed by atoms with van der Waals surface area (Å²) in [5, 5.41) is 11.3. The van der Waals surface area contributed by atoms with Crippen molar-refractivity contribution in [1.82, 2.24) is 0 Å². The van der Waals surface area contributed by atoms with Gasteiger partial charge in [0.1, 0.15) is 4.88 Å². The number of hydrogen-bond acceptors (Lipinski definition) is 5.